The summed E-state index contributed by atoms with van der Waals surface area (Å²) < 4.78 is 33.6. The fraction of sp³-hybridized carbons (Fsp3) is 0.0909. The Morgan fingerprint density at radius 3 is 2.23 bits per heavy atom. The van der Waals surface area contributed by atoms with E-state index in [1.807, 2.05) is 0 Å². The normalized spacial score (nSPS) is 17.1. The van der Waals surface area contributed by atoms with Crippen LogP contribution in [0.15, 0.2) is 70.6 Å². The predicted molar refractivity (Wildman–Crippen MR) is 138 cm³/mol. The number of carbonyl (C=O) groups is 1. The van der Waals surface area contributed by atoms with E-state index in [1.54, 1.807) is 24.3 Å². The Labute approximate surface area is 221 Å². The number of carbonyl (C=O) groups excluding carboxylic acids is 1. The van der Waals surface area contributed by atoms with Crippen LogP contribution in [-0.2, 0) is 14.8 Å². The third-order valence-corrected chi connectivity index (χ3v) is 7.45. The summed E-state index contributed by atoms with van der Waals surface area (Å²) in [6.45, 7) is 0. The third-order valence-electron chi connectivity index (χ3n) is 4.89. The molecule has 0 bridgehead atoms. The molecule has 0 aliphatic carbocycles. The molecular formula is C22H16Cl4N4O4S. The number of rotatable bonds is 6. The number of aliphatic imine (C=N–C) groups is 1. The van der Waals surface area contributed by atoms with Gasteiger partial charge in [0, 0.05) is 17.2 Å². The van der Waals surface area contributed by atoms with Gasteiger partial charge in [0.2, 0.25) is 10.0 Å². The molecule has 1 saturated heterocycles. The summed E-state index contributed by atoms with van der Waals surface area (Å²) in [5.41, 5.74) is 3.14. The molecule has 8 nitrogen and oxygen atoms in total. The van der Waals surface area contributed by atoms with Gasteiger partial charge in [0.15, 0.2) is 6.04 Å². The molecule has 1 atom stereocenters. The van der Waals surface area contributed by atoms with Crippen LogP contribution in [0.1, 0.15) is 0 Å². The van der Waals surface area contributed by atoms with E-state index in [-0.39, 0.29) is 37.2 Å². The summed E-state index contributed by atoms with van der Waals surface area (Å²) in [4.78, 5) is 17.8. The molecule has 0 radical (unpaired) electrons. The molecule has 1 unspecified atom stereocenters. The summed E-state index contributed by atoms with van der Waals surface area (Å²) in [5.74, 6) is -0.400. The van der Waals surface area contributed by atoms with Gasteiger partial charge in [-0.2, -0.15) is 4.72 Å². The lowest BCUT2D eigenvalue weighted by atomic mass is 10.2. The van der Waals surface area contributed by atoms with Gasteiger partial charge in [-0.3, -0.25) is 10.2 Å². The second-order valence-electron chi connectivity index (χ2n) is 7.19. The third kappa shape index (κ3) is 5.35. The van der Waals surface area contributed by atoms with Gasteiger partial charge in [0.1, 0.15) is 17.3 Å². The standard InChI is InChI=1S/C22H16Cl4N4O4S/c1-34-13-10-16(25)20(17(26)11-13)30-22(31)19(29-35(32,33)14-5-3-2-4-6-14)21(28-30)27-18-8-7-12(23)9-15(18)24/h2-11,19,29H,1H3,(H,27,28). The van der Waals surface area contributed by atoms with E-state index in [1.165, 1.54) is 43.5 Å². The Hall–Kier alpha value is -2.53. The van der Waals surface area contributed by atoms with Crippen LogP contribution in [0.4, 0.5) is 11.4 Å². The number of benzene rings is 3. The maximum absolute atomic E-state index is 13.5. The molecule has 1 heterocycles. The molecular weight excluding hydrogens is 558 g/mol. The highest BCUT2D eigenvalue weighted by molar-refractivity contribution is 7.89. The fourth-order valence-electron chi connectivity index (χ4n) is 3.24. The number of anilines is 1. The number of amidine groups is 1. The molecule has 13 heteroatoms. The molecule has 182 valence electrons. The summed E-state index contributed by atoms with van der Waals surface area (Å²) in [6.07, 6.45) is 0. The summed E-state index contributed by atoms with van der Waals surface area (Å²) in [6, 6.07) is 13.6. The van der Waals surface area contributed by atoms with Gasteiger partial charge in [-0.15, -0.1) is 0 Å². The maximum Gasteiger partial charge on any atom is 0.271 e. The molecule has 1 aliphatic heterocycles. The van der Waals surface area contributed by atoms with Crippen molar-refractivity contribution in [3.63, 3.8) is 0 Å². The highest BCUT2D eigenvalue weighted by Crippen LogP contribution is 2.38. The lowest BCUT2D eigenvalue weighted by molar-refractivity contribution is -0.118. The number of hydrazine groups is 1. The number of halogens is 4. The number of ether oxygens (including phenoxy) is 1. The van der Waals surface area contributed by atoms with Crippen LogP contribution in [0.5, 0.6) is 5.75 Å². The highest BCUT2D eigenvalue weighted by Gasteiger charge is 2.42. The van der Waals surface area contributed by atoms with Crippen molar-refractivity contribution in [2.24, 2.45) is 4.99 Å². The molecule has 1 fully saturated rings. The number of sulfonamides is 1. The van der Waals surface area contributed by atoms with Gasteiger partial charge in [-0.1, -0.05) is 64.6 Å². The number of nitrogens with one attached hydrogen (secondary N) is 2. The molecule has 3 aromatic rings. The zero-order valence-electron chi connectivity index (χ0n) is 17.8. The number of nitrogens with zero attached hydrogens (tertiary/aromatic N) is 2. The van der Waals surface area contributed by atoms with Crippen LogP contribution in [0.3, 0.4) is 0 Å². The first-order chi connectivity index (χ1) is 16.6. The van der Waals surface area contributed by atoms with Crippen molar-refractivity contribution in [1.29, 1.82) is 0 Å². The average Bonchev–Trinajstić information content (AvgIpc) is 3.10. The molecule has 1 aliphatic rings. The van der Waals surface area contributed by atoms with Crippen LogP contribution in [0, 0.1) is 0 Å². The minimum absolute atomic E-state index is 0.0318. The van der Waals surface area contributed by atoms with Crippen molar-refractivity contribution >= 4 is 79.5 Å². The summed E-state index contributed by atoms with van der Waals surface area (Å²) >= 11 is 25.0. The number of hydrogen-bond acceptors (Lipinski definition) is 5. The number of methoxy groups -OCH3 is 1. The molecule has 0 saturated carbocycles. The molecule has 2 N–H and O–H groups in total. The Bertz CT molecular complexity index is 1410. The van der Waals surface area contributed by atoms with E-state index in [2.05, 4.69) is 15.1 Å². The van der Waals surface area contributed by atoms with Crippen LogP contribution in [0.2, 0.25) is 20.1 Å². The van der Waals surface area contributed by atoms with E-state index < -0.39 is 22.0 Å². The van der Waals surface area contributed by atoms with Crippen molar-refractivity contribution in [1.82, 2.24) is 10.1 Å². The molecule has 1 amide bonds. The predicted octanol–water partition coefficient (Wildman–Crippen LogP) is 5.24. The molecule has 35 heavy (non-hydrogen) atoms. The van der Waals surface area contributed by atoms with E-state index >= 15 is 0 Å². The van der Waals surface area contributed by atoms with Gasteiger partial charge in [-0.05, 0) is 30.3 Å². The second kappa shape index (κ2) is 10.2. The van der Waals surface area contributed by atoms with E-state index in [9.17, 15) is 13.2 Å². The van der Waals surface area contributed by atoms with Crippen molar-refractivity contribution < 1.29 is 17.9 Å². The highest BCUT2D eigenvalue weighted by atomic mass is 35.5. The van der Waals surface area contributed by atoms with Gasteiger partial charge in [0.25, 0.3) is 5.91 Å². The van der Waals surface area contributed by atoms with Crippen LogP contribution in [-0.4, -0.2) is 33.3 Å². The number of amides is 1. The first kappa shape index (κ1) is 25.6. The van der Waals surface area contributed by atoms with Gasteiger partial charge in [-0.25, -0.2) is 18.4 Å². The lowest BCUT2D eigenvalue weighted by Gasteiger charge is -2.19. The van der Waals surface area contributed by atoms with Crippen molar-refractivity contribution in [2.75, 3.05) is 12.1 Å². The Kier molecular flexibility index (Phi) is 7.46. The molecule has 0 aromatic heterocycles. The lowest BCUT2D eigenvalue weighted by Crippen LogP contribution is -2.44. The number of hydrogen-bond donors (Lipinski definition) is 2. The second-order valence-corrected chi connectivity index (χ2v) is 10.6. The average molecular weight is 574 g/mol. The first-order valence-corrected chi connectivity index (χ1v) is 12.8. The zero-order chi connectivity index (χ0) is 25.3. The fourth-order valence-corrected chi connectivity index (χ4v) is 5.50. The maximum atomic E-state index is 13.5. The summed E-state index contributed by atoms with van der Waals surface area (Å²) in [7, 11) is -2.67. The smallest absolute Gasteiger partial charge is 0.271 e. The van der Waals surface area contributed by atoms with E-state index in [0.29, 0.717) is 10.8 Å². The summed E-state index contributed by atoms with van der Waals surface area (Å²) in [5, 5.41) is 1.78. The van der Waals surface area contributed by atoms with Crippen molar-refractivity contribution in [3.8, 4) is 5.75 Å². The van der Waals surface area contributed by atoms with Crippen molar-refractivity contribution in [3.05, 3.63) is 80.8 Å². The largest absolute Gasteiger partial charge is 0.497 e. The quantitative estimate of drug-likeness (QED) is 0.420. The van der Waals surface area contributed by atoms with Crippen LogP contribution < -0.4 is 19.9 Å². The van der Waals surface area contributed by atoms with Gasteiger partial charge in [0.05, 0.1) is 32.8 Å². The minimum atomic E-state index is -4.11. The SMILES string of the molecule is COc1cc(Cl)c(N2NC(=Nc3ccc(Cl)cc3Cl)C(NS(=O)(=O)c3ccccc3)C2=O)c(Cl)c1. The molecule has 3 aromatic carbocycles. The van der Waals surface area contributed by atoms with Crippen LogP contribution >= 0.6 is 46.4 Å². The van der Waals surface area contributed by atoms with Gasteiger partial charge >= 0.3 is 0 Å². The van der Waals surface area contributed by atoms with Crippen molar-refractivity contribution in [2.45, 2.75) is 10.9 Å². The molecule has 0 spiro atoms. The topological polar surface area (TPSA) is 100 Å². The Balaban J connectivity index is 1.80. The molecule has 4 rings (SSSR count). The Morgan fingerprint density at radius 2 is 1.63 bits per heavy atom. The minimum Gasteiger partial charge on any atom is -0.497 e. The monoisotopic (exact) mass is 572 g/mol. The van der Waals surface area contributed by atoms with Gasteiger partial charge < -0.3 is 4.74 Å². The Morgan fingerprint density at radius 1 is 0.971 bits per heavy atom. The zero-order valence-corrected chi connectivity index (χ0v) is 21.6. The van der Waals surface area contributed by atoms with E-state index in [0.717, 1.165) is 5.01 Å². The van der Waals surface area contributed by atoms with E-state index in [4.69, 9.17) is 51.1 Å². The van der Waals surface area contributed by atoms with Crippen LogP contribution in [0.25, 0.3) is 0 Å². The first-order valence-electron chi connectivity index (χ1n) is 9.85.